The van der Waals surface area contributed by atoms with Crippen LogP contribution in [0, 0.1) is 0 Å². The average molecular weight is 904 g/mol. The fourth-order valence-electron chi connectivity index (χ4n) is 6.71. The molecule has 364 valence electrons. The van der Waals surface area contributed by atoms with Gasteiger partial charge in [0.2, 0.25) is 5.91 Å². The molecule has 4 unspecified atom stereocenters. The highest BCUT2D eigenvalue weighted by atomic mass is 31.2. The second-order valence-corrected chi connectivity index (χ2v) is 19.4. The minimum Gasteiger partial charge on any atom is -0.390 e. The second-order valence-electron chi connectivity index (χ2n) is 17.9. The van der Waals surface area contributed by atoms with E-state index < -0.39 is 32.7 Å². The molecular formula is C53H96N2O7P+. The predicted molar refractivity (Wildman–Crippen MR) is 269 cm³/mol. The van der Waals surface area contributed by atoms with Gasteiger partial charge in [0.05, 0.1) is 39.9 Å². The van der Waals surface area contributed by atoms with E-state index in [9.17, 15) is 24.5 Å². The number of quaternary nitrogens is 1. The smallest absolute Gasteiger partial charge is 0.390 e. The average Bonchev–Trinajstić information content (AvgIpc) is 3.24. The van der Waals surface area contributed by atoms with E-state index in [2.05, 4.69) is 104 Å². The van der Waals surface area contributed by atoms with Crippen molar-refractivity contribution in [3.63, 3.8) is 0 Å². The minimum absolute atomic E-state index is 0.00915. The molecule has 10 heteroatoms. The summed E-state index contributed by atoms with van der Waals surface area (Å²) in [5.74, 6) is -0.280. The summed E-state index contributed by atoms with van der Waals surface area (Å²) in [4.78, 5) is 23.2. The van der Waals surface area contributed by atoms with Gasteiger partial charge in [-0.15, -0.1) is 0 Å². The van der Waals surface area contributed by atoms with Gasteiger partial charge >= 0.3 is 7.82 Å². The number of amides is 1. The zero-order valence-electron chi connectivity index (χ0n) is 40.9. The summed E-state index contributed by atoms with van der Waals surface area (Å²) in [7, 11) is 1.39. The number of carbonyl (C=O) groups excluding carboxylic acids is 1. The zero-order chi connectivity index (χ0) is 46.5. The second kappa shape index (κ2) is 43.5. The van der Waals surface area contributed by atoms with Crippen molar-refractivity contribution in [1.82, 2.24) is 5.32 Å². The molecule has 1 amide bonds. The SMILES string of the molecule is CC/C=C\C/C=C\C/C=C\C/C=C\C/C=C\CCCCCCCCCCCCCC(=O)NC(COP(=O)(O)OCC[N+](C)(C)C)C(O)C(O)CCC/C=C/CC/C=C/CCCCC. The van der Waals surface area contributed by atoms with Gasteiger partial charge in [-0.3, -0.25) is 13.8 Å². The molecule has 0 rings (SSSR count). The topological polar surface area (TPSA) is 125 Å². The summed E-state index contributed by atoms with van der Waals surface area (Å²) >= 11 is 0. The van der Waals surface area contributed by atoms with E-state index in [1.165, 1.54) is 64.2 Å². The molecule has 0 aliphatic heterocycles. The molecule has 9 nitrogen and oxygen atoms in total. The Hall–Kier alpha value is -2.36. The highest BCUT2D eigenvalue weighted by molar-refractivity contribution is 7.47. The van der Waals surface area contributed by atoms with Crippen molar-refractivity contribution in [2.75, 3.05) is 40.9 Å². The molecule has 4 N–H and O–H groups in total. The number of carbonyl (C=O) groups is 1. The van der Waals surface area contributed by atoms with E-state index in [0.29, 0.717) is 30.3 Å². The molecular weight excluding hydrogens is 808 g/mol. The maximum absolute atomic E-state index is 13.0. The van der Waals surface area contributed by atoms with Crippen molar-refractivity contribution in [3.8, 4) is 0 Å². The lowest BCUT2D eigenvalue weighted by molar-refractivity contribution is -0.870. The Morgan fingerprint density at radius 2 is 1.00 bits per heavy atom. The lowest BCUT2D eigenvalue weighted by Gasteiger charge is -2.28. The van der Waals surface area contributed by atoms with Crippen molar-refractivity contribution in [3.05, 3.63) is 85.1 Å². The maximum Gasteiger partial charge on any atom is 0.472 e. The molecule has 0 radical (unpaired) electrons. The number of hydrogen-bond acceptors (Lipinski definition) is 6. The summed E-state index contributed by atoms with van der Waals surface area (Å²) in [6.45, 7) is 4.41. The van der Waals surface area contributed by atoms with Gasteiger partial charge in [0.25, 0.3) is 0 Å². The Morgan fingerprint density at radius 3 is 1.51 bits per heavy atom. The van der Waals surface area contributed by atoms with Crippen LogP contribution in [0.2, 0.25) is 0 Å². The summed E-state index contributed by atoms with van der Waals surface area (Å²) in [6, 6.07) is -1.06. The quantitative estimate of drug-likeness (QED) is 0.0208. The van der Waals surface area contributed by atoms with Gasteiger partial charge in [-0.25, -0.2) is 4.57 Å². The first-order valence-electron chi connectivity index (χ1n) is 25.0. The van der Waals surface area contributed by atoms with Gasteiger partial charge < -0.3 is 24.9 Å². The maximum atomic E-state index is 13.0. The van der Waals surface area contributed by atoms with E-state index in [-0.39, 0.29) is 18.9 Å². The van der Waals surface area contributed by atoms with Crippen LogP contribution in [0.3, 0.4) is 0 Å². The number of nitrogens with zero attached hydrogens (tertiary/aromatic N) is 1. The van der Waals surface area contributed by atoms with Gasteiger partial charge in [-0.1, -0.05) is 170 Å². The van der Waals surface area contributed by atoms with Crippen molar-refractivity contribution in [1.29, 1.82) is 0 Å². The van der Waals surface area contributed by atoms with Gasteiger partial charge in [-0.2, -0.15) is 0 Å². The summed E-state index contributed by atoms with van der Waals surface area (Å²) in [5.41, 5.74) is 0. The Morgan fingerprint density at radius 1 is 0.571 bits per heavy atom. The van der Waals surface area contributed by atoms with Crippen LogP contribution < -0.4 is 5.32 Å². The van der Waals surface area contributed by atoms with E-state index in [4.69, 9.17) is 9.05 Å². The molecule has 63 heavy (non-hydrogen) atoms. The first-order valence-corrected chi connectivity index (χ1v) is 26.5. The number of allylic oxidation sites excluding steroid dienone is 14. The van der Waals surface area contributed by atoms with Crippen LogP contribution >= 0.6 is 7.82 Å². The summed E-state index contributed by atoms with van der Waals surface area (Å²) in [5, 5.41) is 24.7. The van der Waals surface area contributed by atoms with E-state index in [1.807, 2.05) is 21.1 Å². The molecule has 4 atom stereocenters. The van der Waals surface area contributed by atoms with E-state index in [0.717, 1.165) is 83.5 Å². The van der Waals surface area contributed by atoms with Crippen LogP contribution in [-0.2, 0) is 18.4 Å². The largest absolute Gasteiger partial charge is 0.472 e. The third-order valence-electron chi connectivity index (χ3n) is 10.7. The Bertz CT molecular complexity index is 1320. The first-order chi connectivity index (χ1) is 30.4. The van der Waals surface area contributed by atoms with Gasteiger partial charge in [0, 0.05) is 6.42 Å². The van der Waals surface area contributed by atoms with Crippen LogP contribution in [0.25, 0.3) is 0 Å². The molecule has 0 heterocycles. The number of hydrogen-bond donors (Lipinski definition) is 4. The van der Waals surface area contributed by atoms with Crippen molar-refractivity contribution < 1.29 is 38.0 Å². The summed E-state index contributed by atoms with van der Waals surface area (Å²) < 4.78 is 23.5. The molecule has 0 saturated carbocycles. The number of phosphoric ester groups is 1. The Labute approximate surface area is 387 Å². The van der Waals surface area contributed by atoms with Crippen LogP contribution in [0.15, 0.2) is 85.1 Å². The van der Waals surface area contributed by atoms with Crippen LogP contribution in [0.4, 0.5) is 0 Å². The fraction of sp³-hybridized carbons (Fsp3) is 0.717. The van der Waals surface area contributed by atoms with E-state index >= 15 is 0 Å². The number of rotatable bonds is 44. The molecule has 0 aromatic rings. The fourth-order valence-corrected chi connectivity index (χ4v) is 7.45. The molecule has 0 saturated heterocycles. The Balaban J connectivity index is 4.34. The number of unbranched alkanes of at least 4 members (excludes halogenated alkanes) is 16. The number of nitrogens with one attached hydrogen (secondary N) is 1. The molecule has 0 fully saturated rings. The number of aliphatic hydroxyl groups is 2. The third-order valence-corrected chi connectivity index (χ3v) is 11.7. The molecule has 0 aromatic heterocycles. The van der Waals surface area contributed by atoms with Crippen LogP contribution in [0.5, 0.6) is 0 Å². The highest BCUT2D eigenvalue weighted by Gasteiger charge is 2.31. The van der Waals surface area contributed by atoms with Crippen LogP contribution in [-0.4, -0.2) is 84.6 Å². The van der Waals surface area contributed by atoms with Crippen LogP contribution in [0.1, 0.15) is 187 Å². The van der Waals surface area contributed by atoms with Gasteiger partial charge in [-0.05, 0) is 96.3 Å². The first kappa shape index (κ1) is 60.6. The number of aliphatic hydroxyl groups excluding tert-OH is 2. The minimum atomic E-state index is -4.43. The van der Waals surface area contributed by atoms with Crippen molar-refractivity contribution in [2.24, 2.45) is 0 Å². The van der Waals surface area contributed by atoms with Crippen molar-refractivity contribution in [2.45, 2.75) is 205 Å². The zero-order valence-corrected chi connectivity index (χ0v) is 41.8. The molecule has 0 aromatic carbocycles. The number of likely N-dealkylation sites (N-methyl/N-ethyl adjacent to an activating group) is 1. The van der Waals surface area contributed by atoms with Gasteiger partial charge in [0.15, 0.2) is 0 Å². The van der Waals surface area contributed by atoms with E-state index in [1.54, 1.807) is 0 Å². The monoisotopic (exact) mass is 904 g/mol. The molecule has 0 bridgehead atoms. The van der Waals surface area contributed by atoms with Gasteiger partial charge in [0.1, 0.15) is 19.3 Å². The molecule has 0 spiro atoms. The Kier molecular flexibility index (Phi) is 41.9. The van der Waals surface area contributed by atoms with Crippen molar-refractivity contribution >= 4 is 13.7 Å². The normalized spacial score (nSPS) is 15.4. The molecule has 0 aliphatic carbocycles. The lowest BCUT2D eigenvalue weighted by Crippen LogP contribution is -2.51. The standard InChI is InChI=1S/C53H95N2O7P/c1-6-8-10-12-14-16-18-20-21-22-23-24-25-26-27-28-29-30-31-32-33-34-36-38-40-42-44-46-52(57)54-50(49-62-63(59,60)61-48-47-55(3,4)5)53(58)51(56)45-43-41-39-37-35-19-17-15-13-11-9-7-2/h8,10,14-17,20-21,23-24,26-27,37,39,50-51,53,56,58H,6-7,9,11-13,18-19,22,25,28-36,38,40-49H2,1-5H3,(H-,54,57,59,60)/p+1/b10-8-,16-14-,17-15+,21-20-,24-23-,27-26-,39-37+. The predicted octanol–water partition coefficient (Wildman–Crippen LogP) is 13.5. The third kappa shape index (κ3) is 44.6. The highest BCUT2D eigenvalue weighted by Crippen LogP contribution is 2.43. The molecule has 0 aliphatic rings. The summed E-state index contributed by atoms with van der Waals surface area (Å²) in [6.07, 6.45) is 56.6. The lowest BCUT2D eigenvalue weighted by atomic mass is 10.0. The number of phosphoric acid groups is 1.